The number of nitrogens with one attached hydrogen (secondary N) is 1. The van der Waals surface area contributed by atoms with E-state index in [1.165, 1.54) is 16.0 Å². The molecule has 1 unspecified atom stereocenters. The zero-order valence-corrected chi connectivity index (χ0v) is 16.8. The molecule has 1 atom stereocenters. The number of fused-ring (bicyclic) bond motifs is 1. The van der Waals surface area contributed by atoms with Gasteiger partial charge in [-0.05, 0) is 44.1 Å². The Hall–Kier alpha value is -2.61. The van der Waals surface area contributed by atoms with Gasteiger partial charge in [0, 0.05) is 32.7 Å². The Labute approximate surface area is 170 Å². The topological polar surface area (TPSA) is 82.2 Å². The molecule has 29 heavy (non-hydrogen) atoms. The average molecular weight is 400 g/mol. The Morgan fingerprint density at radius 1 is 1.14 bits per heavy atom. The molecule has 0 saturated carbocycles. The van der Waals surface area contributed by atoms with E-state index >= 15 is 0 Å². The third-order valence-corrected chi connectivity index (χ3v) is 6.15. The van der Waals surface area contributed by atoms with Crippen LogP contribution in [-0.2, 0) is 16.1 Å². The van der Waals surface area contributed by atoms with Crippen molar-refractivity contribution in [2.45, 2.75) is 38.6 Å². The number of piperazine rings is 1. The normalized spacial score (nSPS) is 22.8. The number of rotatable bonds is 4. The van der Waals surface area contributed by atoms with Crippen molar-refractivity contribution in [3.63, 3.8) is 0 Å². The smallest absolute Gasteiger partial charge is 0.312 e. The van der Waals surface area contributed by atoms with Gasteiger partial charge in [0.2, 0.25) is 0 Å². The number of carbonyl (C=O) groups excluding carboxylic acids is 3. The highest BCUT2D eigenvalue weighted by molar-refractivity contribution is 6.04. The van der Waals surface area contributed by atoms with Gasteiger partial charge >= 0.3 is 12.1 Å². The van der Waals surface area contributed by atoms with Gasteiger partial charge in [-0.1, -0.05) is 34.9 Å². The first-order valence-corrected chi connectivity index (χ1v) is 10.4. The first kappa shape index (κ1) is 19.7. The quantitative estimate of drug-likeness (QED) is 0.781. The van der Waals surface area contributed by atoms with E-state index in [-0.39, 0.29) is 0 Å². The van der Waals surface area contributed by atoms with Crippen molar-refractivity contribution in [1.29, 1.82) is 0 Å². The largest absolute Gasteiger partial charge is 0.434 e. The van der Waals surface area contributed by atoms with Gasteiger partial charge in [0.25, 0.3) is 5.91 Å². The Balaban J connectivity index is 1.24. The Bertz CT molecular complexity index is 749. The van der Waals surface area contributed by atoms with E-state index in [4.69, 9.17) is 4.84 Å². The van der Waals surface area contributed by atoms with Crippen LogP contribution in [-0.4, -0.2) is 71.7 Å². The van der Waals surface area contributed by atoms with E-state index in [0.29, 0.717) is 43.7 Å². The summed E-state index contributed by atoms with van der Waals surface area (Å²) in [5.41, 5.74) is 2.61. The Morgan fingerprint density at radius 2 is 1.86 bits per heavy atom. The van der Waals surface area contributed by atoms with Gasteiger partial charge < -0.3 is 20.0 Å². The van der Waals surface area contributed by atoms with Crippen molar-refractivity contribution in [1.82, 2.24) is 20.2 Å². The molecule has 156 valence electrons. The number of benzene rings is 1. The molecule has 1 aromatic rings. The lowest BCUT2D eigenvalue weighted by Gasteiger charge is -2.31. The number of aryl methyl sites for hydroxylation is 2. The van der Waals surface area contributed by atoms with Crippen LogP contribution >= 0.6 is 0 Å². The molecule has 1 aromatic carbocycles. The third-order valence-electron chi connectivity index (χ3n) is 6.15. The summed E-state index contributed by atoms with van der Waals surface area (Å²) < 4.78 is 0. The van der Waals surface area contributed by atoms with Gasteiger partial charge in [-0.15, -0.1) is 0 Å². The van der Waals surface area contributed by atoms with E-state index < -0.39 is 24.1 Å². The van der Waals surface area contributed by atoms with E-state index in [2.05, 4.69) is 36.5 Å². The zero-order valence-electron chi connectivity index (χ0n) is 16.8. The summed E-state index contributed by atoms with van der Waals surface area (Å²) >= 11 is 0. The molecule has 0 aromatic heterocycles. The minimum atomic E-state index is -0.614. The average Bonchev–Trinajstić information content (AvgIpc) is 2.99. The minimum absolute atomic E-state index is 0.394. The summed E-state index contributed by atoms with van der Waals surface area (Å²) in [6.45, 7) is 4.72. The number of hydroxylamine groups is 2. The number of hydrogen-bond donors (Lipinski definition) is 1. The second-order valence-corrected chi connectivity index (χ2v) is 8.14. The summed E-state index contributed by atoms with van der Waals surface area (Å²) in [5, 5.41) is 3.73. The summed E-state index contributed by atoms with van der Waals surface area (Å²) in [6.07, 6.45) is 3.33. The van der Waals surface area contributed by atoms with Gasteiger partial charge in [-0.3, -0.25) is 4.79 Å². The number of imide groups is 1. The number of amides is 4. The van der Waals surface area contributed by atoms with E-state index in [9.17, 15) is 14.4 Å². The zero-order chi connectivity index (χ0) is 20.4. The second-order valence-electron chi connectivity index (χ2n) is 8.14. The van der Waals surface area contributed by atoms with Crippen LogP contribution < -0.4 is 5.32 Å². The lowest BCUT2D eigenvalue weighted by molar-refractivity contribution is -0.152. The van der Waals surface area contributed by atoms with Crippen molar-refractivity contribution in [3.05, 3.63) is 35.4 Å². The number of piperidine rings is 1. The van der Waals surface area contributed by atoms with Gasteiger partial charge in [-0.2, -0.15) is 0 Å². The van der Waals surface area contributed by atoms with Crippen molar-refractivity contribution in [3.8, 4) is 0 Å². The van der Waals surface area contributed by atoms with Crippen LogP contribution in [0.4, 0.5) is 9.59 Å². The fourth-order valence-electron chi connectivity index (χ4n) is 4.25. The maximum atomic E-state index is 12.5. The van der Waals surface area contributed by atoms with E-state index in [1.54, 1.807) is 4.90 Å². The molecular formula is C21H28N4O4. The lowest BCUT2D eigenvalue weighted by Crippen LogP contribution is -2.51. The highest BCUT2D eigenvalue weighted by Crippen LogP contribution is 2.24. The molecule has 3 saturated heterocycles. The minimum Gasteiger partial charge on any atom is -0.312 e. The first-order valence-electron chi connectivity index (χ1n) is 10.4. The fourth-order valence-corrected chi connectivity index (χ4v) is 4.25. The summed E-state index contributed by atoms with van der Waals surface area (Å²) in [5.74, 6) is 0.0963. The van der Waals surface area contributed by atoms with Crippen molar-refractivity contribution in [2.24, 2.45) is 5.92 Å². The van der Waals surface area contributed by atoms with Gasteiger partial charge in [0.1, 0.15) is 6.04 Å². The SMILES string of the molecule is Cc1ccc(CCC2CCN(C(=O)ON3C(=O)C4CNCCN4C3=O)CC2)cc1. The molecule has 3 aliphatic heterocycles. The fraction of sp³-hybridized carbons (Fsp3) is 0.571. The van der Waals surface area contributed by atoms with Crippen LogP contribution in [0.25, 0.3) is 0 Å². The van der Waals surface area contributed by atoms with Crippen molar-refractivity contribution < 1.29 is 19.2 Å². The standard InChI is InChI=1S/C21H28N4O4/c1-15-2-4-16(5-3-15)6-7-17-8-11-23(12-9-17)21(28)29-25-19(26)18-14-22-10-13-24(18)20(25)27/h2-5,17-18,22H,6-14H2,1H3. The molecule has 0 aliphatic carbocycles. The number of urea groups is 1. The summed E-state index contributed by atoms with van der Waals surface area (Å²) in [4.78, 5) is 45.5. The van der Waals surface area contributed by atoms with Crippen molar-refractivity contribution in [2.75, 3.05) is 32.7 Å². The Kier molecular flexibility index (Phi) is 5.71. The van der Waals surface area contributed by atoms with Crippen LogP contribution in [0.15, 0.2) is 24.3 Å². The molecule has 3 fully saturated rings. The van der Waals surface area contributed by atoms with Gasteiger partial charge in [-0.25, -0.2) is 9.59 Å². The maximum absolute atomic E-state index is 12.5. The molecule has 4 rings (SSSR count). The number of likely N-dealkylation sites (tertiary alicyclic amines) is 1. The molecule has 0 spiro atoms. The molecular weight excluding hydrogens is 372 g/mol. The summed E-state index contributed by atoms with van der Waals surface area (Å²) in [7, 11) is 0. The highest BCUT2D eigenvalue weighted by atomic mass is 16.7. The third kappa shape index (κ3) is 4.22. The second kappa shape index (κ2) is 8.41. The Morgan fingerprint density at radius 3 is 2.55 bits per heavy atom. The van der Waals surface area contributed by atoms with Crippen LogP contribution in [0.5, 0.6) is 0 Å². The highest BCUT2D eigenvalue weighted by Gasteiger charge is 2.49. The van der Waals surface area contributed by atoms with Gasteiger partial charge in [0.15, 0.2) is 0 Å². The van der Waals surface area contributed by atoms with E-state index in [1.807, 2.05) is 0 Å². The van der Waals surface area contributed by atoms with Crippen molar-refractivity contribution >= 4 is 18.0 Å². The van der Waals surface area contributed by atoms with Crippen LogP contribution in [0.1, 0.15) is 30.4 Å². The van der Waals surface area contributed by atoms with Crippen LogP contribution in [0.3, 0.4) is 0 Å². The van der Waals surface area contributed by atoms with Gasteiger partial charge in [0.05, 0.1) is 0 Å². The summed E-state index contributed by atoms with van der Waals surface area (Å²) in [6, 6.07) is 7.51. The van der Waals surface area contributed by atoms with E-state index in [0.717, 1.165) is 25.7 Å². The molecule has 3 heterocycles. The monoisotopic (exact) mass is 400 g/mol. The molecule has 3 aliphatic rings. The maximum Gasteiger partial charge on any atom is 0.434 e. The number of carbonyl (C=O) groups is 3. The molecule has 0 bridgehead atoms. The molecule has 1 N–H and O–H groups in total. The molecule has 8 heteroatoms. The molecule has 4 amide bonds. The predicted octanol–water partition coefficient (Wildman–Crippen LogP) is 1.93. The number of hydrogen-bond acceptors (Lipinski definition) is 5. The number of nitrogens with zero attached hydrogens (tertiary/aromatic N) is 3. The first-order chi connectivity index (χ1) is 14.0. The predicted molar refractivity (Wildman–Crippen MR) is 106 cm³/mol. The molecule has 8 nitrogen and oxygen atoms in total. The van der Waals surface area contributed by atoms with Crippen LogP contribution in [0, 0.1) is 12.8 Å². The van der Waals surface area contributed by atoms with Crippen LogP contribution in [0.2, 0.25) is 0 Å². The lowest BCUT2D eigenvalue weighted by atomic mass is 9.90. The molecule has 0 radical (unpaired) electrons.